The average molecular weight is 292 g/mol. The Bertz CT molecular complexity index is 745. The Labute approximate surface area is 130 Å². The van der Waals surface area contributed by atoms with Crippen LogP contribution in [0.5, 0.6) is 0 Å². The molecule has 2 heterocycles. The third kappa shape index (κ3) is 2.50. The van der Waals surface area contributed by atoms with Gasteiger partial charge < -0.3 is 5.32 Å². The van der Waals surface area contributed by atoms with Crippen molar-refractivity contribution in [2.75, 3.05) is 13.1 Å². The van der Waals surface area contributed by atoms with Crippen molar-refractivity contribution in [2.24, 2.45) is 5.92 Å². The molecule has 1 unspecified atom stereocenters. The Morgan fingerprint density at radius 1 is 1.05 bits per heavy atom. The van der Waals surface area contributed by atoms with E-state index in [0.29, 0.717) is 5.92 Å². The van der Waals surface area contributed by atoms with E-state index in [1.165, 1.54) is 29.2 Å². The molecule has 1 fully saturated rings. The van der Waals surface area contributed by atoms with Crippen molar-refractivity contribution < 1.29 is 0 Å². The Kier molecular flexibility index (Phi) is 3.60. The molecule has 1 aliphatic heterocycles. The predicted molar refractivity (Wildman–Crippen MR) is 87.7 cm³/mol. The molecule has 1 aliphatic rings. The first-order valence-electron chi connectivity index (χ1n) is 7.97. The topological polar surface area (TPSA) is 42.7 Å². The van der Waals surface area contributed by atoms with Crippen LogP contribution in [0.1, 0.15) is 24.4 Å². The maximum absolute atomic E-state index is 4.43. The van der Waals surface area contributed by atoms with Crippen molar-refractivity contribution in [2.45, 2.75) is 18.9 Å². The normalized spacial score (nSPS) is 20.1. The number of fused-ring (bicyclic) bond motifs is 1. The number of nitrogens with zero attached hydrogens (tertiary/aromatic N) is 3. The molecular weight excluding hydrogens is 272 g/mol. The summed E-state index contributed by atoms with van der Waals surface area (Å²) in [5.74, 6) is 0.530. The second kappa shape index (κ2) is 5.89. The van der Waals surface area contributed by atoms with Crippen molar-refractivity contribution in [1.82, 2.24) is 20.3 Å². The number of aromatic nitrogens is 3. The van der Waals surface area contributed by atoms with Crippen LogP contribution in [-0.2, 0) is 0 Å². The highest BCUT2D eigenvalue weighted by atomic mass is 15.5. The van der Waals surface area contributed by atoms with Gasteiger partial charge in [-0.15, -0.1) is 0 Å². The van der Waals surface area contributed by atoms with Gasteiger partial charge in [-0.05, 0) is 47.7 Å². The molecule has 3 aromatic rings. The molecule has 1 saturated heterocycles. The fourth-order valence-corrected chi connectivity index (χ4v) is 3.50. The van der Waals surface area contributed by atoms with Crippen molar-refractivity contribution in [3.63, 3.8) is 0 Å². The number of nitrogens with one attached hydrogen (secondary N) is 1. The van der Waals surface area contributed by atoms with Crippen LogP contribution < -0.4 is 5.32 Å². The smallest absolute Gasteiger partial charge is 0.101 e. The minimum atomic E-state index is 0.201. The van der Waals surface area contributed by atoms with Gasteiger partial charge in [-0.25, -0.2) is 0 Å². The third-order valence-corrected chi connectivity index (χ3v) is 4.58. The van der Waals surface area contributed by atoms with Gasteiger partial charge in [0.25, 0.3) is 0 Å². The zero-order chi connectivity index (χ0) is 14.8. The minimum Gasteiger partial charge on any atom is -0.316 e. The fraction of sp³-hybridized carbons (Fsp3) is 0.333. The highest BCUT2D eigenvalue weighted by Crippen LogP contribution is 2.31. The first kappa shape index (κ1) is 13.5. The molecule has 0 bridgehead atoms. The van der Waals surface area contributed by atoms with Crippen molar-refractivity contribution in [1.29, 1.82) is 0 Å². The van der Waals surface area contributed by atoms with Crippen LogP contribution in [0.25, 0.3) is 10.8 Å². The van der Waals surface area contributed by atoms with Crippen LogP contribution in [0.4, 0.5) is 0 Å². The molecule has 0 amide bonds. The first-order chi connectivity index (χ1) is 10.9. The van der Waals surface area contributed by atoms with E-state index >= 15 is 0 Å². The quantitative estimate of drug-likeness (QED) is 0.807. The molecule has 0 aliphatic carbocycles. The number of hydrogen-bond donors (Lipinski definition) is 1. The van der Waals surface area contributed by atoms with E-state index in [9.17, 15) is 0 Å². The first-order valence-corrected chi connectivity index (χ1v) is 7.97. The molecule has 1 aromatic heterocycles. The van der Waals surface area contributed by atoms with E-state index in [-0.39, 0.29) is 6.04 Å². The molecular formula is C18H20N4. The Balaban J connectivity index is 1.78. The number of hydrogen-bond acceptors (Lipinski definition) is 3. The molecule has 4 nitrogen and oxygen atoms in total. The summed E-state index contributed by atoms with van der Waals surface area (Å²) in [4.78, 5) is 1.88. The van der Waals surface area contributed by atoms with E-state index in [4.69, 9.17) is 0 Å². The summed E-state index contributed by atoms with van der Waals surface area (Å²) in [6, 6.07) is 15.4. The second-order valence-corrected chi connectivity index (χ2v) is 6.01. The molecule has 2 atom stereocenters. The van der Waals surface area contributed by atoms with E-state index in [1.54, 1.807) is 12.4 Å². The van der Waals surface area contributed by atoms with Crippen LogP contribution in [0.15, 0.2) is 54.9 Å². The van der Waals surface area contributed by atoms with Gasteiger partial charge in [-0.1, -0.05) is 36.4 Å². The van der Waals surface area contributed by atoms with Crippen molar-refractivity contribution >= 4 is 10.8 Å². The van der Waals surface area contributed by atoms with E-state index in [2.05, 4.69) is 58.0 Å². The summed E-state index contributed by atoms with van der Waals surface area (Å²) >= 11 is 0. The van der Waals surface area contributed by atoms with Gasteiger partial charge in [0.05, 0.1) is 12.4 Å². The van der Waals surface area contributed by atoms with Crippen molar-refractivity contribution in [3.05, 3.63) is 60.4 Å². The molecule has 0 spiro atoms. The van der Waals surface area contributed by atoms with Gasteiger partial charge in [-0.2, -0.15) is 15.0 Å². The average Bonchev–Trinajstić information content (AvgIpc) is 3.10. The largest absolute Gasteiger partial charge is 0.316 e. The summed E-state index contributed by atoms with van der Waals surface area (Å²) in [6.45, 7) is 2.15. The Morgan fingerprint density at radius 3 is 2.64 bits per heavy atom. The fourth-order valence-electron chi connectivity index (χ4n) is 3.50. The molecule has 22 heavy (non-hydrogen) atoms. The molecule has 2 aromatic carbocycles. The SMILES string of the molecule is c1ccc2cc([C@H](C3CCCNC3)n3nccn3)ccc2c1. The van der Waals surface area contributed by atoms with Gasteiger partial charge in [-0.3, -0.25) is 0 Å². The minimum absolute atomic E-state index is 0.201. The van der Waals surface area contributed by atoms with E-state index in [0.717, 1.165) is 13.1 Å². The summed E-state index contributed by atoms with van der Waals surface area (Å²) in [5, 5.41) is 14.9. The summed E-state index contributed by atoms with van der Waals surface area (Å²) < 4.78 is 0. The predicted octanol–water partition coefficient (Wildman–Crippen LogP) is 3.02. The van der Waals surface area contributed by atoms with Crippen LogP contribution in [0.3, 0.4) is 0 Å². The summed E-state index contributed by atoms with van der Waals surface area (Å²) in [6.07, 6.45) is 5.97. The van der Waals surface area contributed by atoms with Gasteiger partial charge in [0.15, 0.2) is 0 Å². The van der Waals surface area contributed by atoms with Gasteiger partial charge in [0.1, 0.15) is 6.04 Å². The van der Waals surface area contributed by atoms with Crippen LogP contribution in [0.2, 0.25) is 0 Å². The lowest BCUT2D eigenvalue weighted by Crippen LogP contribution is -2.36. The maximum Gasteiger partial charge on any atom is 0.101 e. The maximum atomic E-state index is 4.43. The van der Waals surface area contributed by atoms with Gasteiger partial charge in [0.2, 0.25) is 0 Å². The third-order valence-electron chi connectivity index (χ3n) is 4.58. The summed E-state index contributed by atoms with van der Waals surface area (Å²) in [7, 11) is 0. The Morgan fingerprint density at radius 2 is 1.86 bits per heavy atom. The number of piperidine rings is 1. The standard InChI is InChI=1S/C18H20N4/c1-2-5-15-12-16(8-7-14(15)4-1)18(22-20-10-11-21-22)17-6-3-9-19-13-17/h1-2,4-5,7-8,10-12,17-19H,3,6,9,13H2/t17?,18-/m1/s1. The van der Waals surface area contributed by atoms with Gasteiger partial charge in [0, 0.05) is 6.54 Å². The lowest BCUT2D eigenvalue weighted by Gasteiger charge is -2.30. The molecule has 112 valence electrons. The number of benzene rings is 2. The lowest BCUT2D eigenvalue weighted by atomic mass is 9.87. The van der Waals surface area contributed by atoms with Gasteiger partial charge >= 0.3 is 0 Å². The summed E-state index contributed by atoms with van der Waals surface area (Å²) in [5.41, 5.74) is 1.30. The monoisotopic (exact) mass is 292 g/mol. The second-order valence-electron chi connectivity index (χ2n) is 6.01. The zero-order valence-corrected chi connectivity index (χ0v) is 12.5. The highest BCUT2D eigenvalue weighted by Gasteiger charge is 2.27. The molecule has 0 radical (unpaired) electrons. The van der Waals surface area contributed by atoms with E-state index in [1.807, 2.05) is 4.80 Å². The lowest BCUT2D eigenvalue weighted by molar-refractivity contribution is 0.264. The van der Waals surface area contributed by atoms with E-state index < -0.39 is 0 Å². The van der Waals surface area contributed by atoms with Crippen LogP contribution >= 0.6 is 0 Å². The number of rotatable bonds is 3. The molecule has 1 N–H and O–H groups in total. The molecule has 0 saturated carbocycles. The Hall–Kier alpha value is -2.20. The highest BCUT2D eigenvalue weighted by molar-refractivity contribution is 5.83. The van der Waals surface area contributed by atoms with Crippen molar-refractivity contribution in [3.8, 4) is 0 Å². The van der Waals surface area contributed by atoms with Crippen LogP contribution in [-0.4, -0.2) is 28.1 Å². The van der Waals surface area contributed by atoms with Crippen LogP contribution in [0, 0.1) is 5.92 Å². The molecule has 4 rings (SSSR count). The zero-order valence-electron chi connectivity index (χ0n) is 12.5. The molecule has 4 heteroatoms.